The highest BCUT2D eigenvalue weighted by molar-refractivity contribution is 5.98. The Labute approximate surface area is 152 Å². The molecule has 10 nitrogen and oxygen atoms in total. The third-order valence-corrected chi connectivity index (χ3v) is 3.75. The van der Waals surface area contributed by atoms with E-state index in [1.54, 1.807) is 6.92 Å². The van der Waals surface area contributed by atoms with Crippen LogP contribution < -0.4 is 15.6 Å². The number of ether oxygens (including phenoxy) is 2. The molecule has 0 atom stereocenters. The van der Waals surface area contributed by atoms with Crippen LogP contribution in [0.1, 0.15) is 27.2 Å². The Morgan fingerprint density at radius 3 is 2.81 bits per heavy atom. The summed E-state index contributed by atoms with van der Waals surface area (Å²) >= 11 is 0. The maximum Gasteiger partial charge on any atom is 0.273 e. The number of amides is 2. The van der Waals surface area contributed by atoms with Gasteiger partial charge in [-0.3, -0.25) is 30.6 Å². The van der Waals surface area contributed by atoms with Crippen LogP contribution in [0.15, 0.2) is 35.0 Å². The number of benzene rings is 1. The van der Waals surface area contributed by atoms with Crippen LogP contribution in [0.5, 0.6) is 5.75 Å². The summed E-state index contributed by atoms with van der Waals surface area (Å²) in [6.45, 7) is 1.80. The summed E-state index contributed by atoms with van der Waals surface area (Å²) in [6, 6.07) is 4.13. The van der Waals surface area contributed by atoms with Crippen molar-refractivity contribution in [2.45, 2.75) is 13.5 Å². The second kappa shape index (κ2) is 7.70. The van der Waals surface area contributed by atoms with Crippen molar-refractivity contribution in [3.8, 4) is 5.75 Å². The van der Waals surface area contributed by atoms with Gasteiger partial charge in [0.05, 0.1) is 23.4 Å². The van der Waals surface area contributed by atoms with E-state index in [4.69, 9.17) is 13.9 Å². The van der Waals surface area contributed by atoms with Gasteiger partial charge in [0.2, 0.25) is 0 Å². The van der Waals surface area contributed by atoms with Crippen molar-refractivity contribution in [3.05, 3.63) is 63.1 Å². The van der Waals surface area contributed by atoms with Gasteiger partial charge in [0.15, 0.2) is 6.79 Å². The Kier molecular flexibility index (Phi) is 5.18. The molecule has 0 unspecified atom stereocenters. The molecule has 0 radical (unpaired) electrons. The first-order valence-corrected chi connectivity index (χ1v) is 7.80. The van der Waals surface area contributed by atoms with Crippen LogP contribution in [0.2, 0.25) is 0 Å². The highest BCUT2D eigenvalue weighted by atomic mass is 16.7. The zero-order chi connectivity index (χ0) is 19.4. The molecule has 2 amide bonds. The zero-order valence-corrected chi connectivity index (χ0v) is 14.2. The van der Waals surface area contributed by atoms with Crippen molar-refractivity contribution in [2.24, 2.45) is 0 Å². The van der Waals surface area contributed by atoms with Crippen molar-refractivity contribution in [3.63, 3.8) is 0 Å². The summed E-state index contributed by atoms with van der Waals surface area (Å²) in [7, 11) is 0. The summed E-state index contributed by atoms with van der Waals surface area (Å²) in [4.78, 5) is 34.3. The van der Waals surface area contributed by atoms with Gasteiger partial charge in [0, 0.05) is 29.3 Å². The maximum atomic E-state index is 11.9. The third-order valence-electron chi connectivity index (χ3n) is 3.75. The first-order chi connectivity index (χ1) is 13.0. The molecule has 2 aromatic rings. The highest BCUT2D eigenvalue weighted by Crippen LogP contribution is 2.33. The van der Waals surface area contributed by atoms with Gasteiger partial charge in [0.1, 0.15) is 11.5 Å². The molecule has 0 saturated heterocycles. The molecule has 1 aromatic carbocycles. The molecule has 27 heavy (non-hydrogen) atoms. The first-order valence-electron chi connectivity index (χ1n) is 7.80. The van der Waals surface area contributed by atoms with Crippen LogP contribution >= 0.6 is 0 Å². The molecule has 0 bridgehead atoms. The van der Waals surface area contributed by atoms with E-state index < -0.39 is 16.7 Å². The molecular formula is C17H15N3O7. The average Bonchev–Trinajstić information content (AvgIpc) is 3.09. The second-order valence-corrected chi connectivity index (χ2v) is 5.56. The van der Waals surface area contributed by atoms with Gasteiger partial charge in [-0.05, 0) is 19.1 Å². The van der Waals surface area contributed by atoms with Crippen LogP contribution in [-0.2, 0) is 16.1 Å². The van der Waals surface area contributed by atoms with Gasteiger partial charge in [0.25, 0.3) is 17.5 Å². The number of carbonyl (C=O) groups excluding carboxylic acids is 2. The fourth-order valence-electron chi connectivity index (χ4n) is 2.47. The lowest BCUT2D eigenvalue weighted by Gasteiger charge is -2.19. The van der Waals surface area contributed by atoms with E-state index >= 15 is 0 Å². The molecule has 0 aliphatic carbocycles. The summed E-state index contributed by atoms with van der Waals surface area (Å²) in [6.07, 6.45) is 3.85. The fraction of sp³-hybridized carbons (Fsp3) is 0.176. The number of nitro benzene ring substituents is 1. The van der Waals surface area contributed by atoms with Crippen LogP contribution in [-0.4, -0.2) is 23.5 Å². The minimum Gasteiger partial charge on any atom is -0.469 e. The predicted octanol–water partition coefficient (Wildman–Crippen LogP) is 1.84. The molecule has 0 fully saturated rings. The molecule has 1 aromatic heterocycles. The molecule has 10 heteroatoms. The van der Waals surface area contributed by atoms with Crippen molar-refractivity contribution in [1.82, 2.24) is 10.9 Å². The average molecular weight is 373 g/mol. The molecule has 2 heterocycles. The molecule has 0 spiro atoms. The smallest absolute Gasteiger partial charge is 0.273 e. The van der Waals surface area contributed by atoms with E-state index in [0.717, 1.165) is 6.08 Å². The molecule has 2 N–H and O–H groups in total. The monoisotopic (exact) mass is 373 g/mol. The Morgan fingerprint density at radius 2 is 2.11 bits per heavy atom. The molecule has 1 aliphatic heterocycles. The number of nitrogens with zero attached hydrogens (tertiary/aromatic N) is 1. The number of furan rings is 1. The van der Waals surface area contributed by atoms with E-state index in [1.165, 1.54) is 30.5 Å². The second-order valence-electron chi connectivity index (χ2n) is 5.56. The quantitative estimate of drug-likeness (QED) is 0.474. The van der Waals surface area contributed by atoms with Crippen molar-refractivity contribution < 1.29 is 28.4 Å². The predicted molar refractivity (Wildman–Crippen MR) is 91.5 cm³/mol. The highest BCUT2D eigenvalue weighted by Gasteiger charge is 2.20. The molecular weight excluding hydrogens is 358 g/mol. The number of rotatable bonds is 4. The standard InChI is InChI=1S/C17H15N3O7/c1-10-14(4-5-26-10)17(22)19-18-15(21)3-2-11-6-13(20(23)24)7-12-8-25-9-27-16(11)12/h2-7H,8-9H2,1H3,(H,18,21)(H,19,22)/b3-2+. The van der Waals surface area contributed by atoms with E-state index in [9.17, 15) is 19.7 Å². The minimum atomic E-state index is -0.628. The number of hydrogen-bond donors (Lipinski definition) is 2. The number of hydrogen-bond acceptors (Lipinski definition) is 7. The lowest BCUT2D eigenvalue weighted by molar-refractivity contribution is -0.385. The molecule has 140 valence electrons. The number of nitro groups is 1. The number of fused-ring (bicyclic) bond motifs is 1. The van der Waals surface area contributed by atoms with Crippen LogP contribution in [0.4, 0.5) is 5.69 Å². The number of carbonyl (C=O) groups is 2. The van der Waals surface area contributed by atoms with Gasteiger partial charge in [-0.1, -0.05) is 0 Å². The maximum absolute atomic E-state index is 11.9. The topological polar surface area (TPSA) is 133 Å². The van der Waals surface area contributed by atoms with E-state index in [-0.39, 0.29) is 19.1 Å². The Morgan fingerprint density at radius 1 is 1.30 bits per heavy atom. The van der Waals surface area contributed by atoms with Crippen LogP contribution in [0.25, 0.3) is 6.08 Å². The van der Waals surface area contributed by atoms with Crippen LogP contribution in [0.3, 0.4) is 0 Å². The summed E-state index contributed by atoms with van der Waals surface area (Å²) in [5, 5.41) is 11.1. The van der Waals surface area contributed by atoms with E-state index in [0.29, 0.717) is 28.2 Å². The number of hydrazine groups is 1. The van der Waals surface area contributed by atoms with Crippen molar-refractivity contribution >= 4 is 23.6 Å². The Balaban J connectivity index is 1.70. The molecule has 3 rings (SSSR count). The number of aryl methyl sites for hydroxylation is 1. The Hall–Kier alpha value is -3.66. The van der Waals surface area contributed by atoms with Gasteiger partial charge in [-0.2, -0.15) is 0 Å². The number of non-ortho nitro benzene ring substituents is 1. The largest absolute Gasteiger partial charge is 0.469 e. The normalized spacial score (nSPS) is 12.9. The summed E-state index contributed by atoms with van der Waals surface area (Å²) in [5.74, 6) is -0.332. The minimum absolute atomic E-state index is 0.0119. The first kappa shape index (κ1) is 18.1. The van der Waals surface area contributed by atoms with Crippen LogP contribution in [0, 0.1) is 17.0 Å². The van der Waals surface area contributed by atoms with E-state index in [2.05, 4.69) is 10.9 Å². The molecule has 1 aliphatic rings. The van der Waals surface area contributed by atoms with Crippen molar-refractivity contribution in [1.29, 1.82) is 0 Å². The van der Waals surface area contributed by atoms with Gasteiger partial charge < -0.3 is 13.9 Å². The third kappa shape index (κ3) is 4.12. The zero-order valence-electron chi connectivity index (χ0n) is 14.2. The molecule has 0 saturated carbocycles. The van der Waals surface area contributed by atoms with Gasteiger partial charge in [-0.25, -0.2) is 0 Å². The lowest BCUT2D eigenvalue weighted by Crippen LogP contribution is -2.40. The number of nitrogens with one attached hydrogen (secondary N) is 2. The van der Waals surface area contributed by atoms with Gasteiger partial charge >= 0.3 is 0 Å². The fourth-order valence-corrected chi connectivity index (χ4v) is 2.47. The SMILES string of the molecule is Cc1occc1C(=O)NNC(=O)/C=C/c1cc([N+](=O)[O-])cc2c1OCOC2. The lowest BCUT2D eigenvalue weighted by atomic mass is 10.1. The van der Waals surface area contributed by atoms with Gasteiger partial charge in [-0.15, -0.1) is 0 Å². The van der Waals surface area contributed by atoms with E-state index in [1.807, 2.05) is 0 Å². The van der Waals surface area contributed by atoms with Crippen molar-refractivity contribution in [2.75, 3.05) is 6.79 Å². The Bertz CT molecular complexity index is 933. The summed E-state index contributed by atoms with van der Waals surface area (Å²) < 4.78 is 15.5. The summed E-state index contributed by atoms with van der Waals surface area (Å²) in [5.41, 5.74) is 5.48.